The molecule has 21 heavy (non-hydrogen) atoms. The zero-order chi connectivity index (χ0) is 14.9. The fourth-order valence-electron chi connectivity index (χ4n) is 3.12. The highest BCUT2D eigenvalue weighted by Crippen LogP contribution is 2.32. The van der Waals surface area contributed by atoms with Gasteiger partial charge in [-0.1, -0.05) is 18.9 Å². The van der Waals surface area contributed by atoms with Crippen LogP contribution in [0.15, 0.2) is 18.2 Å². The fourth-order valence-corrected chi connectivity index (χ4v) is 3.61. The quantitative estimate of drug-likeness (QED) is 0.674. The molecule has 2 rings (SSSR count). The van der Waals surface area contributed by atoms with E-state index >= 15 is 0 Å². The molecule has 1 aliphatic carbocycles. The van der Waals surface area contributed by atoms with Gasteiger partial charge < -0.3 is 10.1 Å². The first-order valence-electron chi connectivity index (χ1n) is 8.24. The SMILES string of the molecule is COc1ccc2c(c1)C(NCCCCCCSC)CCC2. The van der Waals surface area contributed by atoms with Crippen molar-refractivity contribution in [2.75, 3.05) is 25.7 Å². The number of hydrogen-bond acceptors (Lipinski definition) is 3. The lowest BCUT2D eigenvalue weighted by atomic mass is 9.87. The molecule has 0 fully saturated rings. The average molecular weight is 308 g/mol. The van der Waals surface area contributed by atoms with E-state index in [0.29, 0.717) is 6.04 Å². The minimum absolute atomic E-state index is 0.523. The van der Waals surface area contributed by atoms with Crippen LogP contribution in [0.4, 0.5) is 0 Å². The van der Waals surface area contributed by atoms with Gasteiger partial charge in [-0.25, -0.2) is 0 Å². The summed E-state index contributed by atoms with van der Waals surface area (Å²) in [6.07, 6.45) is 11.3. The molecule has 1 atom stereocenters. The molecule has 0 saturated heterocycles. The summed E-state index contributed by atoms with van der Waals surface area (Å²) < 4.78 is 5.38. The highest BCUT2D eigenvalue weighted by atomic mass is 32.2. The second kappa shape index (κ2) is 9.37. The summed E-state index contributed by atoms with van der Waals surface area (Å²) in [5.41, 5.74) is 2.96. The van der Waals surface area contributed by atoms with Crippen molar-refractivity contribution in [3.05, 3.63) is 29.3 Å². The Morgan fingerprint density at radius 3 is 2.90 bits per heavy atom. The monoisotopic (exact) mass is 307 g/mol. The summed E-state index contributed by atoms with van der Waals surface area (Å²) in [5, 5.41) is 3.76. The number of thioether (sulfide) groups is 1. The van der Waals surface area contributed by atoms with Crippen LogP contribution in [-0.4, -0.2) is 25.7 Å². The molecule has 1 unspecified atom stereocenters. The Bertz CT molecular complexity index is 422. The molecular weight excluding hydrogens is 278 g/mol. The molecular formula is C18H29NOS. The zero-order valence-electron chi connectivity index (χ0n) is 13.5. The van der Waals surface area contributed by atoms with Crippen molar-refractivity contribution in [1.82, 2.24) is 5.32 Å². The topological polar surface area (TPSA) is 21.3 Å². The van der Waals surface area contributed by atoms with E-state index in [4.69, 9.17) is 4.74 Å². The van der Waals surface area contributed by atoms with Crippen molar-refractivity contribution >= 4 is 11.8 Å². The smallest absolute Gasteiger partial charge is 0.119 e. The van der Waals surface area contributed by atoms with E-state index < -0.39 is 0 Å². The van der Waals surface area contributed by atoms with Gasteiger partial charge in [-0.2, -0.15) is 11.8 Å². The maximum absolute atomic E-state index is 5.38. The second-order valence-electron chi connectivity index (χ2n) is 5.87. The molecule has 0 bridgehead atoms. The van der Waals surface area contributed by atoms with E-state index in [2.05, 4.69) is 29.8 Å². The van der Waals surface area contributed by atoms with Crippen LogP contribution < -0.4 is 10.1 Å². The van der Waals surface area contributed by atoms with Crippen LogP contribution in [-0.2, 0) is 6.42 Å². The lowest BCUT2D eigenvalue weighted by Crippen LogP contribution is -2.26. The van der Waals surface area contributed by atoms with Gasteiger partial charge in [0.1, 0.15) is 5.75 Å². The molecule has 1 aromatic rings. The molecule has 0 spiro atoms. The molecule has 1 aromatic carbocycles. The van der Waals surface area contributed by atoms with Gasteiger partial charge in [0, 0.05) is 6.04 Å². The Balaban J connectivity index is 1.77. The first-order chi connectivity index (χ1) is 10.3. The second-order valence-corrected chi connectivity index (χ2v) is 6.86. The molecule has 0 radical (unpaired) electrons. The van der Waals surface area contributed by atoms with Crippen molar-refractivity contribution in [2.24, 2.45) is 0 Å². The number of hydrogen-bond donors (Lipinski definition) is 1. The van der Waals surface area contributed by atoms with Gasteiger partial charge >= 0.3 is 0 Å². The van der Waals surface area contributed by atoms with E-state index in [-0.39, 0.29) is 0 Å². The van der Waals surface area contributed by atoms with E-state index in [1.807, 2.05) is 11.8 Å². The number of rotatable bonds is 9. The number of benzene rings is 1. The first-order valence-corrected chi connectivity index (χ1v) is 9.63. The Hall–Kier alpha value is -0.670. The van der Waals surface area contributed by atoms with Gasteiger partial charge in [0.25, 0.3) is 0 Å². The maximum Gasteiger partial charge on any atom is 0.119 e. The van der Waals surface area contributed by atoms with Crippen LogP contribution in [0, 0.1) is 0 Å². The average Bonchev–Trinajstić information content (AvgIpc) is 2.53. The molecule has 0 aliphatic heterocycles. The molecule has 0 aromatic heterocycles. The Morgan fingerprint density at radius 2 is 2.10 bits per heavy atom. The summed E-state index contributed by atoms with van der Waals surface area (Å²) in [6.45, 7) is 1.14. The van der Waals surface area contributed by atoms with E-state index in [1.165, 1.54) is 61.8 Å². The normalized spacial score (nSPS) is 17.5. The largest absolute Gasteiger partial charge is 0.497 e. The molecule has 2 nitrogen and oxygen atoms in total. The molecule has 3 heteroatoms. The van der Waals surface area contributed by atoms with Gasteiger partial charge in [-0.15, -0.1) is 0 Å². The zero-order valence-corrected chi connectivity index (χ0v) is 14.3. The van der Waals surface area contributed by atoms with Crippen LogP contribution in [0.3, 0.4) is 0 Å². The van der Waals surface area contributed by atoms with E-state index in [1.54, 1.807) is 7.11 Å². The molecule has 0 amide bonds. The predicted molar refractivity (Wildman–Crippen MR) is 93.5 cm³/mol. The Labute approximate surface area is 134 Å². The van der Waals surface area contributed by atoms with Crippen LogP contribution >= 0.6 is 11.8 Å². The number of nitrogens with one attached hydrogen (secondary N) is 1. The summed E-state index contributed by atoms with van der Waals surface area (Å²) in [7, 11) is 1.75. The highest BCUT2D eigenvalue weighted by Gasteiger charge is 2.19. The standard InChI is InChI=1S/C18H29NOS/c1-20-16-11-10-15-8-7-9-18(17(15)14-16)19-12-5-3-4-6-13-21-2/h10-11,14,18-19H,3-9,12-13H2,1-2H3. The van der Waals surface area contributed by atoms with Crippen molar-refractivity contribution in [3.63, 3.8) is 0 Å². The third-order valence-electron chi connectivity index (χ3n) is 4.33. The van der Waals surface area contributed by atoms with Crippen LogP contribution in [0.25, 0.3) is 0 Å². The summed E-state index contributed by atoms with van der Waals surface area (Å²) in [6, 6.07) is 7.08. The van der Waals surface area contributed by atoms with E-state index in [9.17, 15) is 0 Å². The van der Waals surface area contributed by atoms with Gasteiger partial charge in [0.05, 0.1) is 7.11 Å². The molecule has 1 aliphatic rings. The van der Waals surface area contributed by atoms with E-state index in [0.717, 1.165) is 12.3 Å². The lowest BCUT2D eigenvalue weighted by molar-refractivity contribution is 0.408. The number of unbranched alkanes of at least 4 members (excludes halogenated alkanes) is 3. The maximum atomic E-state index is 5.38. The number of fused-ring (bicyclic) bond motifs is 1. The first kappa shape index (κ1) is 16.7. The van der Waals surface area contributed by atoms with Crippen molar-refractivity contribution in [1.29, 1.82) is 0 Å². The highest BCUT2D eigenvalue weighted by molar-refractivity contribution is 7.98. The van der Waals surface area contributed by atoms with Gasteiger partial charge in [0.15, 0.2) is 0 Å². The molecule has 0 saturated carbocycles. The molecule has 1 N–H and O–H groups in total. The number of aryl methyl sites for hydroxylation is 1. The van der Waals surface area contributed by atoms with Crippen LogP contribution in [0.2, 0.25) is 0 Å². The molecule has 118 valence electrons. The van der Waals surface area contributed by atoms with Gasteiger partial charge in [-0.3, -0.25) is 0 Å². The van der Waals surface area contributed by atoms with Crippen molar-refractivity contribution in [2.45, 2.75) is 51.0 Å². The number of ether oxygens (including phenoxy) is 1. The van der Waals surface area contributed by atoms with Gasteiger partial charge in [-0.05, 0) is 73.9 Å². The van der Waals surface area contributed by atoms with Crippen molar-refractivity contribution in [3.8, 4) is 5.75 Å². The van der Waals surface area contributed by atoms with Crippen LogP contribution in [0.1, 0.15) is 55.7 Å². The van der Waals surface area contributed by atoms with Gasteiger partial charge in [0.2, 0.25) is 0 Å². The summed E-state index contributed by atoms with van der Waals surface area (Å²) >= 11 is 1.96. The third kappa shape index (κ3) is 5.23. The minimum Gasteiger partial charge on any atom is -0.497 e. The Kier molecular flexibility index (Phi) is 7.45. The molecule has 0 heterocycles. The summed E-state index contributed by atoms with van der Waals surface area (Å²) in [5.74, 6) is 2.29. The predicted octanol–water partition coefficient (Wildman–Crippen LogP) is 4.59. The lowest BCUT2D eigenvalue weighted by Gasteiger charge is -2.27. The van der Waals surface area contributed by atoms with Crippen molar-refractivity contribution < 1.29 is 4.74 Å². The van der Waals surface area contributed by atoms with Crippen LogP contribution in [0.5, 0.6) is 5.75 Å². The Morgan fingerprint density at radius 1 is 1.24 bits per heavy atom. The number of methoxy groups -OCH3 is 1. The fraction of sp³-hybridized carbons (Fsp3) is 0.667. The minimum atomic E-state index is 0.523. The third-order valence-corrected chi connectivity index (χ3v) is 5.03. The summed E-state index contributed by atoms with van der Waals surface area (Å²) in [4.78, 5) is 0.